The molecule has 7 heteroatoms. The number of carbonyl (C=O) groups excluding carboxylic acids is 1. The van der Waals surface area contributed by atoms with Crippen molar-refractivity contribution in [2.24, 2.45) is 0 Å². The molecule has 24 heavy (non-hydrogen) atoms. The highest BCUT2D eigenvalue weighted by Gasteiger charge is 2.20. The summed E-state index contributed by atoms with van der Waals surface area (Å²) in [6.07, 6.45) is 0. The van der Waals surface area contributed by atoms with E-state index in [0.29, 0.717) is 11.3 Å². The van der Waals surface area contributed by atoms with Crippen molar-refractivity contribution in [1.29, 1.82) is 0 Å². The number of amides is 1. The number of hydrogen-bond donors (Lipinski definition) is 1. The van der Waals surface area contributed by atoms with Gasteiger partial charge in [-0.25, -0.2) is 12.7 Å². The first kappa shape index (κ1) is 18.5. The molecule has 1 amide bonds. The number of carbonyl (C=O) groups is 1. The second-order valence-electron chi connectivity index (χ2n) is 5.42. The average Bonchev–Trinajstić information content (AvgIpc) is 2.55. The molecule has 0 unspecified atom stereocenters. The van der Waals surface area contributed by atoms with E-state index < -0.39 is 10.0 Å². The standard InChI is InChI=1S/C17H20N2O3S2/c1-13-9-10-14(11-16(13)24(21,22)19(2)3)18-17(20)12-23-15-7-5-4-6-8-15/h4-11H,12H2,1-3H3,(H,18,20). The summed E-state index contributed by atoms with van der Waals surface area (Å²) in [5.41, 5.74) is 1.11. The van der Waals surface area contributed by atoms with E-state index in [-0.39, 0.29) is 16.6 Å². The van der Waals surface area contributed by atoms with E-state index in [1.54, 1.807) is 19.1 Å². The molecule has 0 aromatic heterocycles. The average molecular weight is 364 g/mol. The molecule has 0 atom stereocenters. The van der Waals surface area contributed by atoms with Gasteiger partial charge in [0.25, 0.3) is 0 Å². The van der Waals surface area contributed by atoms with Gasteiger partial charge in [0.05, 0.1) is 10.6 Å². The molecule has 0 aliphatic rings. The first-order chi connectivity index (χ1) is 11.3. The Morgan fingerprint density at radius 2 is 1.79 bits per heavy atom. The molecule has 2 aromatic carbocycles. The first-order valence-corrected chi connectivity index (χ1v) is 9.74. The third kappa shape index (κ3) is 4.59. The predicted octanol–water partition coefficient (Wildman–Crippen LogP) is 2.98. The summed E-state index contributed by atoms with van der Waals surface area (Å²) in [6.45, 7) is 1.73. The lowest BCUT2D eigenvalue weighted by Gasteiger charge is -2.15. The summed E-state index contributed by atoms with van der Waals surface area (Å²) < 4.78 is 25.8. The van der Waals surface area contributed by atoms with Crippen molar-refractivity contribution in [3.8, 4) is 0 Å². The molecule has 2 aromatic rings. The summed E-state index contributed by atoms with van der Waals surface area (Å²) in [6, 6.07) is 14.5. The molecular weight excluding hydrogens is 344 g/mol. The Kier molecular flexibility index (Phi) is 6.04. The molecule has 128 valence electrons. The van der Waals surface area contributed by atoms with Gasteiger partial charge in [0.15, 0.2) is 0 Å². The van der Waals surface area contributed by atoms with Crippen LogP contribution < -0.4 is 5.32 Å². The van der Waals surface area contributed by atoms with Crippen molar-refractivity contribution < 1.29 is 13.2 Å². The molecule has 0 radical (unpaired) electrons. The number of anilines is 1. The Labute approximate surface area is 147 Å². The Bertz CT molecular complexity index is 819. The van der Waals surface area contributed by atoms with Gasteiger partial charge in [-0.05, 0) is 36.8 Å². The van der Waals surface area contributed by atoms with Crippen LogP contribution in [0.15, 0.2) is 58.3 Å². The number of benzene rings is 2. The van der Waals surface area contributed by atoms with Gasteiger partial charge in [0.1, 0.15) is 0 Å². The van der Waals surface area contributed by atoms with Gasteiger partial charge in [0, 0.05) is 24.7 Å². The lowest BCUT2D eigenvalue weighted by molar-refractivity contribution is -0.113. The van der Waals surface area contributed by atoms with Crippen LogP contribution >= 0.6 is 11.8 Å². The summed E-state index contributed by atoms with van der Waals surface area (Å²) in [4.78, 5) is 13.3. The molecule has 0 heterocycles. The quantitative estimate of drug-likeness (QED) is 0.800. The summed E-state index contributed by atoms with van der Waals surface area (Å²) in [5, 5.41) is 2.75. The molecule has 0 spiro atoms. The molecule has 0 aliphatic heterocycles. The van der Waals surface area contributed by atoms with Gasteiger partial charge >= 0.3 is 0 Å². The van der Waals surface area contributed by atoms with E-state index in [2.05, 4.69) is 5.32 Å². The lowest BCUT2D eigenvalue weighted by Crippen LogP contribution is -2.23. The van der Waals surface area contributed by atoms with Gasteiger partial charge in [-0.15, -0.1) is 11.8 Å². The maximum atomic E-state index is 12.3. The third-order valence-electron chi connectivity index (χ3n) is 3.34. The summed E-state index contributed by atoms with van der Waals surface area (Å²) in [5.74, 6) is 0.0779. The van der Waals surface area contributed by atoms with Crippen LogP contribution in [0.2, 0.25) is 0 Å². The fraction of sp³-hybridized carbons (Fsp3) is 0.235. The number of rotatable bonds is 6. The second kappa shape index (κ2) is 7.83. The van der Waals surface area contributed by atoms with Crippen LogP contribution in [0, 0.1) is 6.92 Å². The van der Waals surface area contributed by atoms with Crippen LogP contribution in [-0.2, 0) is 14.8 Å². The molecule has 0 bridgehead atoms. The predicted molar refractivity (Wildman–Crippen MR) is 97.8 cm³/mol. The van der Waals surface area contributed by atoms with Gasteiger partial charge in [-0.3, -0.25) is 4.79 Å². The number of nitrogens with zero attached hydrogens (tertiary/aromatic N) is 1. The van der Waals surface area contributed by atoms with Crippen molar-refractivity contribution in [1.82, 2.24) is 4.31 Å². The molecule has 2 rings (SSSR count). The highest BCUT2D eigenvalue weighted by Crippen LogP contribution is 2.23. The van der Waals surface area contributed by atoms with Crippen LogP contribution in [0.5, 0.6) is 0 Å². The van der Waals surface area contributed by atoms with Crippen molar-refractivity contribution in [3.63, 3.8) is 0 Å². The monoisotopic (exact) mass is 364 g/mol. The Morgan fingerprint density at radius 3 is 2.42 bits per heavy atom. The van der Waals surface area contributed by atoms with E-state index in [0.717, 1.165) is 9.20 Å². The Morgan fingerprint density at radius 1 is 1.12 bits per heavy atom. The van der Waals surface area contributed by atoms with Gasteiger partial charge in [0.2, 0.25) is 15.9 Å². The molecule has 0 saturated heterocycles. The van der Waals surface area contributed by atoms with E-state index in [1.165, 1.54) is 31.9 Å². The summed E-state index contributed by atoms with van der Waals surface area (Å²) in [7, 11) is -0.579. The molecule has 5 nitrogen and oxygen atoms in total. The van der Waals surface area contributed by atoms with Gasteiger partial charge in [-0.2, -0.15) is 0 Å². The van der Waals surface area contributed by atoms with Crippen molar-refractivity contribution in [2.45, 2.75) is 16.7 Å². The van der Waals surface area contributed by atoms with E-state index in [1.807, 2.05) is 30.3 Å². The zero-order chi connectivity index (χ0) is 17.7. The molecule has 0 fully saturated rings. The summed E-state index contributed by atoms with van der Waals surface area (Å²) >= 11 is 1.43. The third-order valence-corrected chi connectivity index (χ3v) is 6.31. The minimum Gasteiger partial charge on any atom is -0.325 e. The number of sulfonamides is 1. The lowest BCUT2D eigenvalue weighted by atomic mass is 10.2. The van der Waals surface area contributed by atoms with Gasteiger partial charge in [-0.1, -0.05) is 24.3 Å². The van der Waals surface area contributed by atoms with E-state index in [9.17, 15) is 13.2 Å². The molecule has 0 saturated carbocycles. The number of nitrogens with one attached hydrogen (secondary N) is 1. The molecular formula is C17H20N2O3S2. The largest absolute Gasteiger partial charge is 0.325 e. The second-order valence-corrected chi connectivity index (χ2v) is 8.59. The van der Waals surface area contributed by atoms with Crippen LogP contribution in [0.3, 0.4) is 0 Å². The van der Waals surface area contributed by atoms with Crippen molar-refractivity contribution in [3.05, 3.63) is 54.1 Å². The van der Waals surface area contributed by atoms with Crippen molar-refractivity contribution in [2.75, 3.05) is 25.2 Å². The van der Waals surface area contributed by atoms with E-state index in [4.69, 9.17) is 0 Å². The Hall–Kier alpha value is -1.83. The number of thioether (sulfide) groups is 1. The van der Waals surface area contributed by atoms with Crippen LogP contribution in [0.4, 0.5) is 5.69 Å². The number of hydrogen-bond acceptors (Lipinski definition) is 4. The van der Waals surface area contributed by atoms with Crippen LogP contribution in [-0.4, -0.2) is 38.5 Å². The topological polar surface area (TPSA) is 66.5 Å². The zero-order valence-electron chi connectivity index (χ0n) is 13.8. The molecule has 0 aliphatic carbocycles. The van der Waals surface area contributed by atoms with Crippen LogP contribution in [0.25, 0.3) is 0 Å². The van der Waals surface area contributed by atoms with E-state index >= 15 is 0 Å². The van der Waals surface area contributed by atoms with Gasteiger partial charge < -0.3 is 5.32 Å². The first-order valence-electron chi connectivity index (χ1n) is 7.31. The Balaban J connectivity index is 2.09. The fourth-order valence-corrected chi connectivity index (χ4v) is 3.88. The smallest absolute Gasteiger partial charge is 0.242 e. The molecule has 1 N–H and O–H groups in total. The highest BCUT2D eigenvalue weighted by molar-refractivity contribution is 8.00. The number of aryl methyl sites for hydroxylation is 1. The zero-order valence-corrected chi connectivity index (χ0v) is 15.4. The minimum absolute atomic E-state index is 0.180. The normalized spacial score (nSPS) is 11.5. The van der Waals surface area contributed by atoms with Crippen molar-refractivity contribution >= 4 is 33.4 Å². The SMILES string of the molecule is Cc1ccc(NC(=O)CSc2ccccc2)cc1S(=O)(=O)N(C)C. The maximum Gasteiger partial charge on any atom is 0.242 e. The fourth-order valence-electron chi connectivity index (χ4n) is 2.02. The van der Waals surface area contributed by atoms with Crippen LogP contribution in [0.1, 0.15) is 5.56 Å². The minimum atomic E-state index is -3.54. The highest BCUT2D eigenvalue weighted by atomic mass is 32.2. The maximum absolute atomic E-state index is 12.3.